The highest BCUT2D eigenvalue weighted by molar-refractivity contribution is 5.87. The van der Waals surface area contributed by atoms with Gasteiger partial charge >= 0.3 is 6.03 Å². The maximum atomic E-state index is 12.7. The van der Waals surface area contributed by atoms with Gasteiger partial charge in [0.2, 0.25) is 5.91 Å². The van der Waals surface area contributed by atoms with E-state index in [1.165, 1.54) is 0 Å². The molecule has 0 aliphatic carbocycles. The molecule has 0 bridgehead atoms. The van der Waals surface area contributed by atoms with E-state index < -0.39 is 5.41 Å². The predicted octanol–water partition coefficient (Wildman–Crippen LogP) is 1.97. The summed E-state index contributed by atoms with van der Waals surface area (Å²) >= 11 is 0. The maximum absolute atomic E-state index is 12.7. The number of aromatic nitrogens is 2. The van der Waals surface area contributed by atoms with Gasteiger partial charge in [-0.3, -0.25) is 9.48 Å². The van der Waals surface area contributed by atoms with Crippen molar-refractivity contribution in [3.63, 3.8) is 0 Å². The van der Waals surface area contributed by atoms with Crippen molar-refractivity contribution >= 4 is 11.9 Å². The molecule has 0 radical (unpaired) electrons. The van der Waals surface area contributed by atoms with Crippen molar-refractivity contribution in [3.8, 4) is 0 Å². The van der Waals surface area contributed by atoms with Crippen molar-refractivity contribution in [1.82, 2.24) is 24.9 Å². The Balaban J connectivity index is 1.63. The van der Waals surface area contributed by atoms with Crippen molar-refractivity contribution < 1.29 is 9.59 Å². The lowest BCUT2D eigenvalue weighted by molar-refractivity contribution is -0.125. The van der Waals surface area contributed by atoms with Gasteiger partial charge in [-0.05, 0) is 25.5 Å². The van der Waals surface area contributed by atoms with Crippen molar-refractivity contribution in [2.24, 2.45) is 0 Å². The lowest BCUT2D eigenvalue weighted by atomic mass is 9.84. The first-order valence-electron chi connectivity index (χ1n) is 9.14. The minimum atomic E-state index is -0.616. The van der Waals surface area contributed by atoms with Crippen LogP contribution in [-0.4, -0.2) is 52.2 Å². The normalized spacial score (nSPS) is 13.9. The quantitative estimate of drug-likeness (QED) is 0.896. The monoisotopic (exact) mass is 369 g/mol. The molecule has 27 heavy (non-hydrogen) atoms. The van der Waals surface area contributed by atoms with E-state index in [2.05, 4.69) is 10.4 Å². The molecule has 2 aromatic rings. The molecule has 0 fully saturated rings. The second-order valence-electron chi connectivity index (χ2n) is 7.62. The van der Waals surface area contributed by atoms with Crippen LogP contribution in [0.2, 0.25) is 0 Å². The number of fused-ring (bicyclic) bond motifs is 1. The van der Waals surface area contributed by atoms with E-state index in [-0.39, 0.29) is 11.9 Å². The van der Waals surface area contributed by atoms with E-state index in [9.17, 15) is 9.59 Å². The Morgan fingerprint density at radius 1 is 1.19 bits per heavy atom. The summed E-state index contributed by atoms with van der Waals surface area (Å²) in [7, 11) is 3.51. The average Bonchev–Trinajstić information content (AvgIpc) is 3.08. The molecule has 2 heterocycles. The molecule has 1 aromatic carbocycles. The first kappa shape index (κ1) is 18.9. The number of carbonyl (C=O) groups is 2. The molecule has 1 aliphatic rings. The SMILES string of the molecule is CN(C)C(=O)N1CCn2nc(CNC(=O)C(C)(C)c3ccccc3)cc2C1. The highest BCUT2D eigenvalue weighted by Crippen LogP contribution is 2.23. The second-order valence-corrected chi connectivity index (χ2v) is 7.62. The van der Waals surface area contributed by atoms with Crippen LogP contribution in [0.5, 0.6) is 0 Å². The van der Waals surface area contributed by atoms with Crippen LogP contribution in [-0.2, 0) is 29.8 Å². The van der Waals surface area contributed by atoms with Gasteiger partial charge in [-0.2, -0.15) is 5.10 Å². The number of nitrogens with zero attached hydrogens (tertiary/aromatic N) is 4. The number of urea groups is 1. The van der Waals surface area contributed by atoms with E-state index in [1.54, 1.807) is 23.9 Å². The highest BCUT2D eigenvalue weighted by atomic mass is 16.2. The topological polar surface area (TPSA) is 70.5 Å². The van der Waals surface area contributed by atoms with Crippen molar-refractivity contribution in [2.75, 3.05) is 20.6 Å². The molecule has 0 saturated carbocycles. The average molecular weight is 369 g/mol. The number of hydrogen-bond acceptors (Lipinski definition) is 3. The maximum Gasteiger partial charge on any atom is 0.319 e. The van der Waals surface area contributed by atoms with Crippen LogP contribution in [0.3, 0.4) is 0 Å². The van der Waals surface area contributed by atoms with E-state index in [0.717, 1.165) is 17.0 Å². The summed E-state index contributed by atoms with van der Waals surface area (Å²) in [6.45, 7) is 6.04. The molecule has 0 spiro atoms. The molecular formula is C20H27N5O2. The number of carbonyl (C=O) groups excluding carboxylic acids is 2. The first-order chi connectivity index (χ1) is 12.8. The van der Waals surface area contributed by atoms with Gasteiger partial charge in [0.25, 0.3) is 0 Å². The van der Waals surface area contributed by atoms with Crippen LogP contribution in [0, 0.1) is 0 Å². The predicted molar refractivity (Wildman–Crippen MR) is 103 cm³/mol. The fourth-order valence-corrected chi connectivity index (χ4v) is 3.24. The third-order valence-electron chi connectivity index (χ3n) is 4.99. The Kier molecular flexibility index (Phi) is 5.21. The second kappa shape index (κ2) is 7.42. The van der Waals surface area contributed by atoms with Crippen molar-refractivity contribution in [2.45, 2.75) is 38.9 Å². The smallest absolute Gasteiger partial charge is 0.319 e. The number of hydrogen-bond donors (Lipinski definition) is 1. The van der Waals surface area contributed by atoms with Crippen LogP contribution in [0.1, 0.15) is 30.8 Å². The minimum absolute atomic E-state index is 0.00177. The summed E-state index contributed by atoms with van der Waals surface area (Å²) in [5, 5.41) is 7.56. The molecular weight excluding hydrogens is 342 g/mol. The summed E-state index contributed by atoms with van der Waals surface area (Å²) < 4.78 is 1.92. The van der Waals surface area contributed by atoms with Crippen LogP contribution in [0.4, 0.5) is 4.79 Å². The van der Waals surface area contributed by atoms with E-state index in [4.69, 9.17) is 0 Å². The summed E-state index contributed by atoms with van der Waals surface area (Å²) in [6, 6.07) is 11.7. The largest absolute Gasteiger partial charge is 0.350 e. The molecule has 3 rings (SSSR count). The molecule has 1 aliphatic heterocycles. The summed E-state index contributed by atoms with van der Waals surface area (Å²) in [6.07, 6.45) is 0. The zero-order chi connectivity index (χ0) is 19.6. The minimum Gasteiger partial charge on any atom is -0.350 e. The van der Waals surface area contributed by atoms with Gasteiger partial charge < -0.3 is 15.1 Å². The van der Waals surface area contributed by atoms with Gasteiger partial charge in [-0.25, -0.2) is 4.79 Å². The number of benzene rings is 1. The van der Waals surface area contributed by atoms with Gasteiger partial charge in [0, 0.05) is 20.6 Å². The standard InChI is InChI=1S/C20H27N5O2/c1-20(2,15-8-6-5-7-9-15)18(26)21-13-16-12-17-14-24(19(27)23(3)4)10-11-25(17)22-16/h5-9,12H,10-11,13-14H2,1-4H3,(H,21,26). The highest BCUT2D eigenvalue weighted by Gasteiger charge is 2.29. The molecule has 7 heteroatoms. The number of rotatable bonds is 4. The Hall–Kier alpha value is -2.83. The molecule has 1 N–H and O–H groups in total. The molecule has 144 valence electrons. The summed E-state index contributed by atoms with van der Waals surface area (Å²) in [5.41, 5.74) is 2.16. The molecule has 7 nitrogen and oxygen atoms in total. The zero-order valence-electron chi connectivity index (χ0n) is 16.4. The lowest BCUT2D eigenvalue weighted by Gasteiger charge is -2.29. The fourth-order valence-electron chi connectivity index (χ4n) is 3.24. The van der Waals surface area contributed by atoms with Crippen molar-refractivity contribution in [3.05, 3.63) is 53.3 Å². The summed E-state index contributed by atoms with van der Waals surface area (Å²) in [5.74, 6) is -0.0379. The Bertz CT molecular complexity index is 826. The Morgan fingerprint density at radius 3 is 2.56 bits per heavy atom. The van der Waals surface area contributed by atoms with Crippen LogP contribution >= 0.6 is 0 Å². The van der Waals surface area contributed by atoms with Gasteiger partial charge in [0.05, 0.1) is 36.4 Å². The lowest BCUT2D eigenvalue weighted by Crippen LogP contribution is -2.43. The molecule has 1 aromatic heterocycles. The fraction of sp³-hybridized carbons (Fsp3) is 0.450. The van der Waals surface area contributed by atoms with Gasteiger partial charge in [-0.15, -0.1) is 0 Å². The van der Waals surface area contributed by atoms with Gasteiger partial charge in [0.15, 0.2) is 0 Å². The Morgan fingerprint density at radius 2 is 1.89 bits per heavy atom. The van der Waals surface area contributed by atoms with Crippen LogP contribution in [0.15, 0.2) is 36.4 Å². The molecule has 0 atom stereocenters. The van der Waals surface area contributed by atoms with Crippen LogP contribution in [0.25, 0.3) is 0 Å². The first-order valence-corrected chi connectivity index (χ1v) is 9.14. The number of nitrogens with one attached hydrogen (secondary N) is 1. The number of amides is 3. The molecule has 3 amide bonds. The molecule has 0 unspecified atom stereocenters. The van der Waals surface area contributed by atoms with E-state index in [0.29, 0.717) is 26.2 Å². The van der Waals surface area contributed by atoms with E-state index >= 15 is 0 Å². The van der Waals surface area contributed by atoms with Crippen molar-refractivity contribution in [1.29, 1.82) is 0 Å². The molecule has 0 saturated heterocycles. The summed E-state index contributed by atoms with van der Waals surface area (Å²) in [4.78, 5) is 28.2. The zero-order valence-corrected chi connectivity index (χ0v) is 16.4. The van der Waals surface area contributed by atoms with E-state index in [1.807, 2.05) is 54.9 Å². The Labute approximate surface area is 159 Å². The van der Waals surface area contributed by atoms with Crippen LogP contribution < -0.4 is 5.32 Å². The van der Waals surface area contributed by atoms with Gasteiger partial charge in [-0.1, -0.05) is 30.3 Å². The third kappa shape index (κ3) is 3.97. The van der Waals surface area contributed by atoms with Gasteiger partial charge in [0.1, 0.15) is 0 Å². The third-order valence-corrected chi connectivity index (χ3v) is 4.99.